The Labute approximate surface area is 155 Å². The van der Waals surface area contributed by atoms with Crippen LogP contribution in [0.2, 0.25) is 0 Å². The molecule has 1 heterocycles. The third-order valence-electron chi connectivity index (χ3n) is 5.39. The molecule has 1 saturated carbocycles. The minimum Gasteiger partial charge on any atom is -0.480 e. The van der Waals surface area contributed by atoms with Crippen molar-refractivity contribution in [1.29, 1.82) is 0 Å². The largest absolute Gasteiger partial charge is 0.480 e. The molecule has 1 amide bonds. The number of carbonyl (C=O) groups excluding carboxylic acids is 1. The molecular formula is C20H29N3O3. The Morgan fingerprint density at radius 1 is 1.19 bits per heavy atom. The summed E-state index contributed by atoms with van der Waals surface area (Å²) in [5.41, 5.74) is 1.03. The normalized spacial score (nSPS) is 22.6. The molecule has 3 rings (SSSR count). The number of rotatable bonds is 7. The van der Waals surface area contributed by atoms with Gasteiger partial charge in [0.25, 0.3) is 0 Å². The number of nitrogens with zero attached hydrogens (tertiary/aromatic N) is 2. The molecule has 6 nitrogen and oxygen atoms in total. The zero-order chi connectivity index (χ0) is 18.5. The van der Waals surface area contributed by atoms with E-state index in [9.17, 15) is 9.59 Å². The molecule has 0 aromatic heterocycles. The van der Waals surface area contributed by atoms with Gasteiger partial charge in [-0.2, -0.15) is 0 Å². The molecule has 1 aliphatic heterocycles. The Hall–Kier alpha value is -1.92. The van der Waals surface area contributed by atoms with E-state index in [0.717, 1.165) is 50.8 Å². The van der Waals surface area contributed by atoms with Crippen LogP contribution in [0.15, 0.2) is 30.3 Å². The number of nitrogens with one attached hydrogen (secondary N) is 1. The first-order chi connectivity index (χ1) is 12.5. The van der Waals surface area contributed by atoms with Gasteiger partial charge in [-0.3, -0.25) is 19.4 Å². The minimum atomic E-state index is -0.792. The smallest absolute Gasteiger partial charge is 0.317 e. The van der Waals surface area contributed by atoms with E-state index in [-0.39, 0.29) is 24.5 Å². The molecule has 26 heavy (non-hydrogen) atoms. The van der Waals surface area contributed by atoms with Crippen LogP contribution < -0.4 is 5.32 Å². The summed E-state index contributed by atoms with van der Waals surface area (Å²) in [5.74, 6) is -0.699. The summed E-state index contributed by atoms with van der Waals surface area (Å²) in [6.45, 7) is 1.72. The van der Waals surface area contributed by atoms with E-state index in [1.807, 2.05) is 42.3 Å². The van der Waals surface area contributed by atoms with Crippen LogP contribution in [0.3, 0.4) is 0 Å². The topological polar surface area (TPSA) is 72.9 Å². The highest BCUT2D eigenvalue weighted by atomic mass is 16.4. The van der Waals surface area contributed by atoms with E-state index in [4.69, 9.17) is 5.11 Å². The molecule has 1 saturated heterocycles. The summed E-state index contributed by atoms with van der Waals surface area (Å²) in [4.78, 5) is 28.1. The molecule has 142 valence electrons. The highest BCUT2D eigenvalue weighted by Gasteiger charge is 2.33. The molecule has 2 fully saturated rings. The van der Waals surface area contributed by atoms with Crippen molar-refractivity contribution in [2.75, 3.05) is 26.7 Å². The van der Waals surface area contributed by atoms with Gasteiger partial charge >= 0.3 is 5.97 Å². The lowest BCUT2D eigenvalue weighted by atomic mass is 10.0. The van der Waals surface area contributed by atoms with Crippen LogP contribution in [-0.2, 0) is 9.59 Å². The molecular weight excluding hydrogens is 330 g/mol. The predicted octanol–water partition coefficient (Wildman–Crippen LogP) is 1.88. The van der Waals surface area contributed by atoms with E-state index in [2.05, 4.69) is 10.2 Å². The zero-order valence-corrected chi connectivity index (χ0v) is 15.4. The van der Waals surface area contributed by atoms with Crippen LogP contribution >= 0.6 is 0 Å². The first kappa shape index (κ1) is 18.9. The van der Waals surface area contributed by atoms with Crippen molar-refractivity contribution in [3.63, 3.8) is 0 Å². The van der Waals surface area contributed by atoms with E-state index in [0.29, 0.717) is 6.04 Å². The van der Waals surface area contributed by atoms with Gasteiger partial charge in [0.2, 0.25) is 5.91 Å². The predicted molar refractivity (Wildman–Crippen MR) is 99.8 cm³/mol. The quantitative estimate of drug-likeness (QED) is 0.778. The lowest BCUT2D eigenvalue weighted by molar-refractivity contribution is -0.138. The number of carbonyl (C=O) groups is 2. The third-order valence-corrected chi connectivity index (χ3v) is 5.39. The lowest BCUT2D eigenvalue weighted by Crippen LogP contribution is -2.42. The van der Waals surface area contributed by atoms with E-state index >= 15 is 0 Å². The summed E-state index contributed by atoms with van der Waals surface area (Å²) in [5, 5.41) is 12.2. The summed E-state index contributed by atoms with van der Waals surface area (Å²) in [6.07, 6.45) is 4.97. The SMILES string of the molecule is CN(CC(=O)O)C1CCCN(C(C(=O)NC2CC2)c2ccccc2)CC1. The standard InChI is InChI=1S/C20H29N3O3/c1-22(14-18(24)25)17-8-5-12-23(13-11-17)19(15-6-3-2-4-7-15)20(26)21-16-9-10-16/h2-4,6-7,16-17,19H,5,8-14H2,1H3,(H,21,26)(H,24,25). The molecule has 2 N–H and O–H groups in total. The summed E-state index contributed by atoms with van der Waals surface area (Å²) >= 11 is 0. The maximum Gasteiger partial charge on any atom is 0.317 e. The second kappa shape index (κ2) is 8.64. The van der Waals surface area contributed by atoms with Gasteiger partial charge in [-0.15, -0.1) is 0 Å². The van der Waals surface area contributed by atoms with E-state index in [1.54, 1.807) is 0 Å². The molecule has 0 spiro atoms. The van der Waals surface area contributed by atoms with E-state index < -0.39 is 5.97 Å². The monoisotopic (exact) mass is 359 g/mol. The Morgan fingerprint density at radius 3 is 2.58 bits per heavy atom. The molecule has 2 unspecified atom stereocenters. The van der Waals surface area contributed by atoms with Crippen LogP contribution in [0.1, 0.15) is 43.7 Å². The van der Waals surface area contributed by atoms with Crippen LogP contribution in [0.25, 0.3) is 0 Å². The highest BCUT2D eigenvalue weighted by molar-refractivity contribution is 5.83. The molecule has 1 aromatic rings. The summed E-state index contributed by atoms with van der Waals surface area (Å²) < 4.78 is 0. The second-order valence-electron chi connectivity index (χ2n) is 7.53. The van der Waals surface area contributed by atoms with Gasteiger partial charge in [0.1, 0.15) is 6.04 Å². The first-order valence-corrected chi connectivity index (χ1v) is 9.56. The van der Waals surface area contributed by atoms with Crippen molar-refractivity contribution in [3.05, 3.63) is 35.9 Å². The van der Waals surface area contributed by atoms with Gasteiger partial charge in [-0.25, -0.2) is 0 Å². The fraction of sp³-hybridized carbons (Fsp3) is 0.600. The van der Waals surface area contributed by atoms with Gasteiger partial charge < -0.3 is 10.4 Å². The Kier molecular flexibility index (Phi) is 6.27. The maximum absolute atomic E-state index is 12.9. The molecule has 2 aliphatic rings. The number of carboxylic acids is 1. The number of aliphatic carboxylic acids is 1. The van der Waals surface area contributed by atoms with Crippen molar-refractivity contribution < 1.29 is 14.7 Å². The van der Waals surface area contributed by atoms with E-state index in [1.165, 1.54) is 0 Å². The lowest BCUT2D eigenvalue weighted by Gasteiger charge is -2.30. The van der Waals surface area contributed by atoms with Gasteiger partial charge in [0, 0.05) is 18.6 Å². The molecule has 6 heteroatoms. The van der Waals surface area contributed by atoms with Crippen LogP contribution in [0.5, 0.6) is 0 Å². The number of hydrogen-bond acceptors (Lipinski definition) is 4. The van der Waals surface area contributed by atoms with Crippen molar-refractivity contribution in [3.8, 4) is 0 Å². The van der Waals surface area contributed by atoms with Crippen molar-refractivity contribution in [1.82, 2.24) is 15.1 Å². The van der Waals surface area contributed by atoms with Crippen LogP contribution in [0, 0.1) is 0 Å². The highest BCUT2D eigenvalue weighted by Crippen LogP contribution is 2.28. The van der Waals surface area contributed by atoms with Gasteiger partial charge in [-0.1, -0.05) is 30.3 Å². The van der Waals surface area contributed by atoms with Gasteiger partial charge in [-0.05, 0) is 51.3 Å². The molecule has 0 radical (unpaired) electrons. The van der Waals surface area contributed by atoms with Crippen LogP contribution in [-0.4, -0.2) is 65.5 Å². The molecule has 1 aromatic carbocycles. The number of likely N-dealkylation sites (N-methyl/N-ethyl adjacent to an activating group) is 1. The van der Waals surface area contributed by atoms with Crippen LogP contribution in [0.4, 0.5) is 0 Å². The maximum atomic E-state index is 12.9. The van der Waals surface area contributed by atoms with Gasteiger partial charge in [0.05, 0.1) is 6.54 Å². The average Bonchev–Trinajstić information content (AvgIpc) is 3.43. The fourth-order valence-corrected chi connectivity index (χ4v) is 3.81. The van der Waals surface area contributed by atoms with Crippen molar-refractivity contribution >= 4 is 11.9 Å². The Balaban J connectivity index is 1.70. The summed E-state index contributed by atoms with van der Waals surface area (Å²) in [7, 11) is 1.88. The first-order valence-electron chi connectivity index (χ1n) is 9.56. The minimum absolute atomic E-state index is 0.0644. The third kappa shape index (κ3) is 5.05. The fourth-order valence-electron chi connectivity index (χ4n) is 3.81. The number of benzene rings is 1. The van der Waals surface area contributed by atoms with Crippen molar-refractivity contribution in [2.24, 2.45) is 0 Å². The molecule has 0 bridgehead atoms. The van der Waals surface area contributed by atoms with Crippen molar-refractivity contribution in [2.45, 2.75) is 50.2 Å². The average molecular weight is 359 g/mol. The molecule has 1 aliphatic carbocycles. The number of hydrogen-bond donors (Lipinski definition) is 2. The Bertz CT molecular complexity index is 618. The second-order valence-corrected chi connectivity index (χ2v) is 7.53. The number of carboxylic acid groups (broad SMARTS) is 1. The summed E-state index contributed by atoms with van der Waals surface area (Å²) in [6, 6.07) is 10.3. The number of likely N-dealkylation sites (tertiary alicyclic amines) is 1. The zero-order valence-electron chi connectivity index (χ0n) is 15.4. The van der Waals surface area contributed by atoms with Gasteiger partial charge in [0.15, 0.2) is 0 Å². The molecule has 2 atom stereocenters. The Morgan fingerprint density at radius 2 is 1.92 bits per heavy atom. The number of amides is 1.